The normalized spacial score (nSPS) is 8.44. The molecule has 0 amide bonds. The van der Waals surface area contributed by atoms with Gasteiger partial charge in [0.25, 0.3) is 0 Å². The van der Waals surface area contributed by atoms with Gasteiger partial charge in [-0.1, -0.05) is 36.4 Å². The molecule has 0 bridgehead atoms. The van der Waals surface area contributed by atoms with Gasteiger partial charge in [-0.25, -0.2) is 10.9 Å². The average Bonchev–Trinajstić information content (AvgIpc) is 2.43. The van der Waals surface area contributed by atoms with Gasteiger partial charge in [-0.2, -0.15) is 0 Å². The van der Waals surface area contributed by atoms with Gasteiger partial charge in [0.15, 0.2) is 0 Å². The predicted octanol–water partition coefficient (Wildman–Crippen LogP) is 3.56. The molecule has 0 saturated heterocycles. The van der Waals surface area contributed by atoms with Gasteiger partial charge in [-0.3, -0.25) is 0 Å². The molecule has 92 valence electrons. The van der Waals surface area contributed by atoms with Gasteiger partial charge in [0.2, 0.25) is 0 Å². The van der Waals surface area contributed by atoms with E-state index in [1.807, 2.05) is 36.4 Å². The molecular formula is C12H12N4O2. The van der Waals surface area contributed by atoms with E-state index in [1.54, 1.807) is 24.3 Å². The number of hydrogen-bond donors (Lipinski definition) is 2. The number of para-hydroxylation sites is 2. The SMILES string of the molecule is O=NNc1ccccc1.O=NNc1ccccc1. The van der Waals surface area contributed by atoms with Crippen molar-refractivity contribution in [1.29, 1.82) is 0 Å². The van der Waals surface area contributed by atoms with Gasteiger partial charge in [-0.15, -0.1) is 9.81 Å². The lowest BCUT2D eigenvalue weighted by Crippen LogP contribution is -1.82. The molecule has 0 fully saturated rings. The lowest BCUT2D eigenvalue weighted by molar-refractivity contribution is 1.32. The van der Waals surface area contributed by atoms with Crippen molar-refractivity contribution in [2.45, 2.75) is 0 Å². The highest BCUT2D eigenvalue weighted by Crippen LogP contribution is 2.03. The van der Waals surface area contributed by atoms with E-state index in [-0.39, 0.29) is 0 Å². The monoisotopic (exact) mass is 244 g/mol. The summed E-state index contributed by atoms with van der Waals surface area (Å²) < 4.78 is 0. The second-order valence-corrected chi connectivity index (χ2v) is 3.14. The van der Waals surface area contributed by atoms with E-state index in [9.17, 15) is 9.81 Å². The lowest BCUT2D eigenvalue weighted by atomic mass is 10.3. The van der Waals surface area contributed by atoms with Gasteiger partial charge in [-0.05, 0) is 24.3 Å². The summed E-state index contributed by atoms with van der Waals surface area (Å²) in [5.74, 6) is 0. The zero-order valence-corrected chi connectivity index (χ0v) is 9.48. The molecule has 2 N–H and O–H groups in total. The molecule has 6 heteroatoms. The molecular weight excluding hydrogens is 232 g/mol. The molecule has 0 unspecified atom stereocenters. The van der Waals surface area contributed by atoms with Crippen LogP contribution in [0.1, 0.15) is 0 Å². The van der Waals surface area contributed by atoms with Crippen LogP contribution in [0.2, 0.25) is 0 Å². The zero-order chi connectivity index (χ0) is 13.1. The molecule has 2 aromatic carbocycles. The summed E-state index contributed by atoms with van der Waals surface area (Å²) in [6.45, 7) is 0. The average molecular weight is 244 g/mol. The van der Waals surface area contributed by atoms with Gasteiger partial charge in [0.1, 0.15) is 0 Å². The standard InChI is InChI=1S/2C6H6N2O/c2*9-8-7-6-4-2-1-3-5-6/h2*1-5H,(H,7,9). The molecule has 0 aliphatic heterocycles. The van der Waals surface area contributed by atoms with E-state index >= 15 is 0 Å². The second-order valence-electron chi connectivity index (χ2n) is 3.14. The third kappa shape index (κ3) is 5.36. The van der Waals surface area contributed by atoms with Crippen LogP contribution < -0.4 is 10.9 Å². The molecule has 6 nitrogen and oxygen atoms in total. The molecule has 0 spiro atoms. The van der Waals surface area contributed by atoms with E-state index in [4.69, 9.17) is 0 Å². The maximum atomic E-state index is 9.61. The van der Waals surface area contributed by atoms with Gasteiger partial charge in [0, 0.05) is 0 Å². The first-order chi connectivity index (χ1) is 8.86. The van der Waals surface area contributed by atoms with Crippen LogP contribution in [0.25, 0.3) is 0 Å². The molecule has 2 rings (SSSR count). The molecule has 0 atom stereocenters. The smallest absolute Gasteiger partial charge is 0.0594 e. The number of benzene rings is 2. The van der Waals surface area contributed by atoms with Crippen LogP contribution >= 0.6 is 0 Å². The number of nitrogens with one attached hydrogen (secondary N) is 2. The predicted molar refractivity (Wildman–Crippen MR) is 71.7 cm³/mol. The minimum atomic E-state index is 0.715. The first kappa shape index (κ1) is 13.3. The fourth-order valence-corrected chi connectivity index (χ4v) is 1.13. The Morgan fingerprint density at radius 1 is 0.611 bits per heavy atom. The largest absolute Gasteiger partial charge is 0.242 e. The number of nitrogens with zero attached hydrogens (tertiary/aromatic N) is 2. The number of nitroso groups, excluding NO2 is 2. The van der Waals surface area contributed by atoms with Crippen molar-refractivity contribution in [2.75, 3.05) is 10.9 Å². The molecule has 0 heterocycles. The Hall–Kier alpha value is -2.76. The summed E-state index contributed by atoms with van der Waals surface area (Å²) in [6.07, 6.45) is 0. The Morgan fingerprint density at radius 2 is 0.944 bits per heavy atom. The Labute approximate surface area is 104 Å². The maximum Gasteiger partial charge on any atom is 0.0594 e. The van der Waals surface area contributed by atoms with Crippen LogP contribution in [-0.4, -0.2) is 0 Å². The highest BCUT2D eigenvalue weighted by Gasteiger charge is 1.83. The van der Waals surface area contributed by atoms with Crippen molar-refractivity contribution in [3.05, 3.63) is 70.5 Å². The fourth-order valence-electron chi connectivity index (χ4n) is 1.13. The van der Waals surface area contributed by atoms with Crippen molar-refractivity contribution >= 4 is 11.4 Å². The number of rotatable bonds is 4. The quantitative estimate of drug-likeness (QED) is 0.636. The molecule has 18 heavy (non-hydrogen) atoms. The van der Waals surface area contributed by atoms with Crippen molar-refractivity contribution < 1.29 is 0 Å². The Balaban J connectivity index is 0.000000180. The van der Waals surface area contributed by atoms with Gasteiger partial charge >= 0.3 is 0 Å². The topological polar surface area (TPSA) is 82.9 Å². The van der Waals surface area contributed by atoms with Gasteiger partial charge < -0.3 is 0 Å². The van der Waals surface area contributed by atoms with Crippen LogP contribution in [0.4, 0.5) is 11.4 Å². The second kappa shape index (κ2) is 8.40. The highest BCUT2D eigenvalue weighted by molar-refractivity contribution is 5.41. The Bertz CT molecular complexity index is 417. The van der Waals surface area contributed by atoms with Crippen LogP contribution in [0, 0.1) is 9.81 Å². The summed E-state index contributed by atoms with van der Waals surface area (Å²) in [5, 5.41) is 5.01. The first-order valence-corrected chi connectivity index (χ1v) is 5.13. The van der Waals surface area contributed by atoms with Crippen molar-refractivity contribution in [2.24, 2.45) is 10.6 Å². The van der Waals surface area contributed by atoms with Crippen LogP contribution in [-0.2, 0) is 0 Å². The van der Waals surface area contributed by atoms with E-state index < -0.39 is 0 Å². The molecule has 0 aliphatic carbocycles. The van der Waals surface area contributed by atoms with Crippen LogP contribution in [0.5, 0.6) is 0 Å². The third-order valence-electron chi connectivity index (χ3n) is 1.90. The molecule has 0 aliphatic rings. The lowest BCUT2D eigenvalue weighted by Gasteiger charge is -1.91. The number of anilines is 2. The highest BCUT2D eigenvalue weighted by atomic mass is 16.3. The van der Waals surface area contributed by atoms with Crippen LogP contribution in [0.15, 0.2) is 71.2 Å². The first-order valence-electron chi connectivity index (χ1n) is 5.13. The molecule has 2 aromatic rings. The molecule has 0 radical (unpaired) electrons. The van der Waals surface area contributed by atoms with Crippen LogP contribution in [0.3, 0.4) is 0 Å². The fraction of sp³-hybridized carbons (Fsp3) is 0. The zero-order valence-electron chi connectivity index (χ0n) is 9.48. The minimum Gasteiger partial charge on any atom is -0.242 e. The van der Waals surface area contributed by atoms with Crippen molar-refractivity contribution in [1.82, 2.24) is 0 Å². The van der Waals surface area contributed by atoms with E-state index in [1.165, 1.54) is 0 Å². The Kier molecular flexibility index (Phi) is 6.21. The van der Waals surface area contributed by atoms with E-state index in [0.717, 1.165) is 0 Å². The molecule has 0 aromatic heterocycles. The van der Waals surface area contributed by atoms with Crippen molar-refractivity contribution in [3.8, 4) is 0 Å². The van der Waals surface area contributed by atoms with E-state index in [2.05, 4.69) is 21.4 Å². The van der Waals surface area contributed by atoms with E-state index in [0.29, 0.717) is 11.4 Å². The van der Waals surface area contributed by atoms with Crippen molar-refractivity contribution in [3.63, 3.8) is 0 Å². The van der Waals surface area contributed by atoms with Gasteiger partial charge in [0.05, 0.1) is 21.9 Å². The third-order valence-corrected chi connectivity index (χ3v) is 1.90. The summed E-state index contributed by atoms with van der Waals surface area (Å²) in [4.78, 5) is 19.2. The summed E-state index contributed by atoms with van der Waals surface area (Å²) in [7, 11) is 0. The molecule has 0 saturated carbocycles. The number of hydrogen-bond acceptors (Lipinski definition) is 4. The summed E-state index contributed by atoms with van der Waals surface area (Å²) in [6, 6.07) is 18.1. The maximum absolute atomic E-state index is 9.61. The summed E-state index contributed by atoms with van der Waals surface area (Å²) >= 11 is 0. The Morgan fingerprint density at radius 3 is 1.22 bits per heavy atom. The summed E-state index contributed by atoms with van der Waals surface area (Å²) in [5.41, 5.74) is 5.98. The minimum absolute atomic E-state index is 0.715.